The van der Waals surface area contributed by atoms with Gasteiger partial charge >= 0.3 is 0 Å². The molecule has 1 aliphatic heterocycles. The molecule has 0 radical (unpaired) electrons. The van der Waals surface area contributed by atoms with Crippen molar-refractivity contribution in [2.24, 2.45) is 0 Å². The normalized spacial score (nSPS) is 13.9. The van der Waals surface area contributed by atoms with Crippen LogP contribution in [0.1, 0.15) is 19.4 Å². The Kier molecular flexibility index (Phi) is 4.69. The number of carbonyl (C=O) groups is 2. The standard InChI is InChI=1S/C22H22N4O2/c1-14(22(28)25-20-7-3-6-19-18(20)5-4-11-23-19)24-17-8-9-21-16(13-17)10-12-26(21)15(2)27/h3-9,11,13-14,24H,10,12H2,1-2H3,(H,25,28)/t14-/m0/s1. The van der Waals surface area contributed by atoms with Crippen LogP contribution in [0.3, 0.4) is 0 Å². The highest BCUT2D eigenvalue weighted by Crippen LogP contribution is 2.30. The van der Waals surface area contributed by atoms with Crippen LogP contribution < -0.4 is 15.5 Å². The van der Waals surface area contributed by atoms with Gasteiger partial charge in [-0.15, -0.1) is 0 Å². The lowest BCUT2D eigenvalue weighted by atomic mass is 10.1. The van der Waals surface area contributed by atoms with E-state index in [1.54, 1.807) is 18.0 Å². The third-order valence-corrected chi connectivity index (χ3v) is 5.04. The Hall–Kier alpha value is -3.41. The molecule has 6 heteroatoms. The minimum absolute atomic E-state index is 0.0526. The van der Waals surface area contributed by atoms with Crippen LogP contribution in [0, 0.1) is 0 Å². The molecule has 0 saturated carbocycles. The number of hydrogen-bond acceptors (Lipinski definition) is 4. The predicted molar refractivity (Wildman–Crippen MR) is 112 cm³/mol. The summed E-state index contributed by atoms with van der Waals surface area (Å²) in [4.78, 5) is 30.5. The monoisotopic (exact) mass is 374 g/mol. The van der Waals surface area contributed by atoms with Crippen molar-refractivity contribution >= 4 is 39.8 Å². The van der Waals surface area contributed by atoms with Crippen molar-refractivity contribution in [3.05, 3.63) is 60.3 Å². The number of amides is 2. The highest BCUT2D eigenvalue weighted by atomic mass is 16.2. The summed E-state index contributed by atoms with van der Waals surface area (Å²) in [5, 5.41) is 7.15. The van der Waals surface area contributed by atoms with E-state index in [0.717, 1.165) is 39.9 Å². The number of benzene rings is 2. The first-order chi connectivity index (χ1) is 13.5. The Balaban J connectivity index is 1.47. The number of fused-ring (bicyclic) bond motifs is 2. The first-order valence-corrected chi connectivity index (χ1v) is 9.35. The van der Waals surface area contributed by atoms with E-state index >= 15 is 0 Å². The van der Waals surface area contributed by atoms with Crippen LogP contribution in [-0.4, -0.2) is 29.4 Å². The zero-order chi connectivity index (χ0) is 19.7. The molecule has 1 atom stereocenters. The van der Waals surface area contributed by atoms with Crippen LogP contribution in [0.2, 0.25) is 0 Å². The van der Waals surface area contributed by atoms with Crippen molar-refractivity contribution in [3.8, 4) is 0 Å². The Morgan fingerprint density at radius 1 is 1.14 bits per heavy atom. The molecule has 0 aliphatic carbocycles. The Morgan fingerprint density at radius 3 is 2.82 bits per heavy atom. The van der Waals surface area contributed by atoms with E-state index in [9.17, 15) is 9.59 Å². The van der Waals surface area contributed by atoms with Gasteiger partial charge in [0.15, 0.2) is 0 Å². The van der Waals surface area contributed by atoms with Crippen molar-refractivity contribution in [3.63, 3.8) is 0 Å². The van der Waals surface area contributed by atoms with E-state index in [-0.39, 0.29) is 11.8 Å². The van der Waals surface area contributed by atoms with Gasteiger partial charge in [0.1, 0.15) is 6.04 Å². The van der Waals surface area contributed by atoms with E-state index in [4.69, 9.17) is 0 Å². The first kappa shape index (κ1) is 18.0. The minimum atomic E-state index is -0.421. The fourth-order valence-electron chi connectivity index (χ4n) is 3.59. The molecule has 0 unspecified atom stereocenters. The molecule has 142 valence electrons. The summed E-state index contributed by atoms with van der Waals surface area (Å²) >= 11 is 0. The van der Waals surface area contributed by atoms with Crippen molar-refractivity contribution < 1.29 is 9.59 Å². The second kappa shape index (κ2) is 7.31. The number of anilines is 3. The highest BCUT2D eigenvalue weighted by molar-refractivity contribution is 6.03. The highest BCUT2D eigenvalue weighted by Gasteiger charge is 2.23. The molecular weight excluding hydrogens is 352 g/mol. The molecule has 0 fully saturated rings. The van der Waals surface area contributed by atoms with E-state index in [2.05, 4.69) is 15.6 Å². The Labute approximate surface area is 163 Å². The molecular formula is C22H22N4O2. The lowest BCUT2D eigenvalue weighted by Gasteiger charge is -2.18. The predicted octanol–water partition coefficient (Wildman–Crippen LogP) is 3.58. The summed E-state index contributed by atoms with van der Waals surface area (Å²) in [6.45, 7) is 4.11. The second-order valence-corrected chi connectivity index (χ2v) is 7.00. The molecule has 2 N–H and O–H groups in total. The number of pyridine rings is 1. The molecule has 2 heterocycles. The second-order valence-electron chi connectivity index (χ2n) is 7.00. The molecule has 0 saturated heterocycles. The summed E-state index contributed by atoms with van der Waals surface area (Å²) in [5.41, 5.74) is 4.53. The largest absolute Gasteiger partial charge is 0.374 e. The summed E-state index contributed by atoms with van der Waals surface area (Å²) in [6.07, 6.45) is 2.56. The minimum Gasteiger partial charge on any atom is -0.374 e. The smallest absolute Gasteiger partial charge is 0.246 e. The van der Waals surface area contributed by atoms with Crippen molar-refractivity contribution in [1.82, 2.24) is 4.98 Å². The molecule has 1 aromatic heterocycles. The third-order valence-electron chi connectivity index (χ3n) is 5.04. The number of hydrogen-bond donors (Lipinski definition) is 2. The van der Waals surface area contributed by atoms with Crippen LogP contribution >= 0.6 is 0 Å². The zero-order valence-electron chi connectivity index (χ0n) is 15.9. The van der Waals surface area contributed by atoms with Gasteiger partial charge in [0.05, 0.1) is 11.2 Å². The van der Waals surface area contributed by atoms with Crippen LogP contribution in [0.25, 0.3) is 10.9 Å². The Morgan fingerprint density at radius 2 is 2.00 bits per heavy atom. The Bertz CT molecular complexity index is 1060. The van der Waals surface area contributed by atoms with E-state index < -0.39 is 6.04 Å². The summed E-state index contributed by atoms with van der Waals surface area (Å²) in [7, 11) is 0. The van der Waals surface area contributed by atoms with Crippen molar-refractivity contribution in [2.75, 3.05) is 22.1 Å². The number of nitrogens with one attached hydrogen (secondary N) is 2. The third kappa shape index (κ3) is 3.41. The van der Waals surface area contributed by atoms with Gasteiger partial charge < -0.3 is 15.5 Å². The van der Waals surface area contributed by atoms with Gasteiger partial charge in [0.2, 0.25) is 11.8 Å². The van der Waals surface area contributed by atoms with Crippen LogP contribution in [0.15, 0.2) is 54.7 Å². The van der Waals surface area contributed by atoms with Gasteiger partial charge in [-0.1, -0.05) is 6.07 Å². The molecule has 1 aliphatic rings. The fraction of sp³-hybridized carbons (Fsp3) is 0.227. The SMILES string of the molecule is CC(=O)N1CCc2cc(N[C@@H](C)C(=O)Nc3cccc4ncccc34)ccc21. The van der Waals surface area contributed by atoms with E-state index in [1.807, 2.05) is 55.5 Å². The molecule has 4 rings (SSSR count). The number of nitrogens with zero attached hydrogens (tertiary/aromatic N) is 2. The lowest BCUT2D eigenvalue weighted by Crippen LogP contribution is -2.32. The quantitative estimate of drug-likeness (QED) is 0.732. The van der Waals surface area contributed by atoms with Gasteiger partial charge in [0, 0.05) is 36.4 Å². The lowest BCUT2D eigenvalue weighted by molar-refractivity contribution is -0.117. The molecule has 2 amide bonds. The first-order valence-electron chi connectivity index (χ1n) is 9.35. The maximum absolute atomic E-state index is 12.7. The maximum atomic E-state index is 12.7. The van der Waals surface area contributed by atoms with Gasteiger partial charge in [-0.25, -0.2) is 0 Å². The fourth-order valence-corrected chi connectivity index (χ4v) is 3.59. The maximum Gasteiger partial charge on any atom is 0.246 e. The molecule has 0 spiro atoms. The van der Waals surface area contributed by atoms with Crippen molar-refractivity contribution in [1.29, 1.82) is 0 Å². The van der Waals surface area contributed by atoms with Crippen molar-refractivity contribution in [2.45, 2.75) is 26.3 Å². The molecule has 0 bridgehead atoms. The number of carbonyl (C=O) groups excluding carboxylic acids is 2. The molecule has 2 aromatic carbocycles. The van der Waals surface area contributed by atoms with Gasteiger partial charge in [-0.2, -0.15) is 0 Å². The average molecular weight is 374 g/mol. The van der Waals surface area contributed by atoms with E-state index in [1.165, 1.54) is 0 Å². The number of aromatic nitrogens is 1. The molecule has 6 nitrogen and oxygen atoms in total. The summed E-state index contributed by atoms with van der Waals surface area (Å²) in [5.74, 6) is -0.0704. The topological polar surface area (TPSA) is 74.3 Å². The summed E-state index contributed by atoms with van der Waals surface area (Å²) in [6, 6.07) is 14.9. The zero-order valence-corrected chi connectivity index (χ0v) is 15.9. The molecule has 3 aromatic rings. The summed E-state index contributed by atoms with van der Waals surface area (Å²) < 4.78 is 0. The van der Waals surface area contributed by atoms with Gasteiger partial charge in [-0.3, -0.25) is 14.6 Å². The van der Waals surface area contributed by atoms with Gasteiger partial charge in [-0.05, 0) is 61.4 Å². The van der Waals surface area contributed by atoms with Crippen LogP contribution in [0.4, 0.5) is 17.1 Å². The average Bonchev–Trinajstić information content (AvgIpc) is 3.11. The number of rotatable bonds is 4. The molecule has 28 heavy (non-hydrogen) atoms. The van der Waals surface area contributed by atoms with Gasteiger partial charge in [0.25, 0.3) is 0 Å². The van der Waals surface area contributed by atoms with Crippen LogP contribution in [-0.2, 0) is 16.0 Å². The van der Waals surface area contributed by atoms with E-state index in [0.29, 0.717) is 6.54 Å². The van der Waals surface area contributed by atoms with Crippen LogP contribution in [0.5, 0.6) is 0 Å².